The van der Waals surface area contributed by atoms with Crippen molar-refractivity contribution in [2.75, 3.05) is 19.8 Å². The lowest BCUT2D eigenvalue weighted by molar-refractivity contribution is -0.161. The summed E-state index contributed by atoms with van der Waals surface area (Å²) in [4.78, 5) is 44.1. The largest absolute Gasteiger partial charge is 0.480 e. The van der Waals surface area contributed by atoms with E-state index in [1.165, 1.54) is 38.5 Å². The van der Waals surface area contributed by atoms with E-state index in [4.69, 9.17) is 24.8 Å². The van der Waals surface area contributed by atoms with Crippen molar-refractivity contribution < 1.29 is 47.5 Å². The van der Waals surface area contributed by atoms with Crippen LogP contribution >= 0.6 is 7.82 Å². The van der Waals surface area contributed by atoms with Crippen LogP contribution in [0.25, 0.3) is 0 Å². The van der Waals surface area contributed by atoms with Crippen molar-refractivity contribution >= 4 is 25.7 Å². The molecule has 3 unspecified atom stereocenters. The Hall–Kier alpha value is -1.78. The molecule has 4 N–H and O–H groups in total. The van der Waals surface area contributed by atoms with Crippen molar-refractivity contribution in [2.24, 2.45) is 5.73 Å². The lowest BCUT2D eigenvalue weighted by Crippen LogP contribution is -2.34. The fraction of sp³-hybridized carbons (Fsp3) is 0.815. The Kier molecular flexibility index (Phi) is 23.0. The zero-order valence-corrected chi connectivity index (χ0v) is 24.6. The molecule has 39 heavy (non-hydrogen) atoms. The summed E-state index contributed by atoms with van der Waals surface area (Å²) >= 11 is 0. The molecule has 12 heteroatoms. The molecule has 0 aromatic rings. The van der Waals surface area contributed by atoms with Crippen molar-refractivity contribution in [3.05, 3.63) is 12.2 Å². The minimum absolute atomic E-state index is 0.102. The molecule has 0 aliphatic rings. The average Bonchev–Trinajstić information content (AvgIpc) is 2.90. The van der Waals surface area contributed by atoms with Crippen LogP contribution < -0.4 is 5.73 Å². The van der Waals surface area contributed by atoms with Crippen LogP contribution in [0.15, 0.2) is 12.2 Å². The number of carbonyl (C=O) groups is 3. The maximum atomic E-state index is 12.2. The summed E-state index contributed by atoms with van der Waals surface area (Å²) in [5.74, 6) is -2.50. The number of ether oxygens (including phenoxy) is 2. The van der Waals surface area contributed by atoms with Crippen LogP contribution in [0.1, 0.15) is 110 Å². The highest BCUT2D eigenvalue weighted by Crippen LogP contribution is 2.43. The first kappa shape index (κ1) is 37.2. The highest BCUT2D eigenvalue weighted by atomic mass is 31.2. The van der Waals surface area contributed by atoms with E-state index < -0.39 is 51.1 Å². The second kappa shape index (κ2) is 24.1. The highest BCUT2D eigenvalue weighted by Gasteiger charge is 2.28. The van der Waals surface area contributed by atoms with Crippen LogP contribution in [0.5, 0.6) is 0 Å². The van der Waals surface area contributed by atoms with Gasteiger partial charge in [0.1, 0.15) is 12.6 Å². The number of hydrogen-bond donors (Lipinski definition) is 3. The second-order valence-corrected chi connectivity index (χ2v) is 10.9. The van der Waals surface area contributed by atoms with Gasteiger partial charge in [-0.15, -0.1) is 0 Å². The third-order valence-electron chi connectivity index (χ3n) is 5.82. The van der Waals surface area contributed by atoms with E-state index in [9.17, 15) is 23.8 Å². The van der Waals surface area contributed by atoms with E-state index in [1.54, 1.807) is 6.92 Å². The molecule has 0 aromatic carbocycles. The number of aliphatic carboxylic acids is 1. The number of carboxylic acid groups (broad SMARTS) is 1. The number of esters is 2. The molecule has 0 saturated carbocycles. The lowest BCUT2D eigenvalue weighted by atomic mass is 10.1. The molecule has 0 bridgehead atoms. The molecular formula is C27H50NO10P. The summed E-state index contributed by atoms with van der Waals surface area (Å²) in [7, 11) is -4.67. The maximum Gasteiger partial charge on any atom is 0.472 e. The normalized spacial score (nSPS) is 14.6. The number of unbranched alkanes of at least 4 members (excludes halogenated alkanes) is 11. The van der Waals surface area contributed by atoms with Crippen molar-refractivity contribution in [2.45, 2.75) is 122 Å². The summed E-state index contributed by atoms with van der Waals surface area (Å²) in [6, 6.07) is -1.51. The van der Waals surface area contributed by atoms with E-state index >= 15 is 0 Å². The number of rotatable bonds is 26. The predicted molar refractivity (Wildman–Crippen MR) is 148 cm³/mol. The van der Waals surface area contributed by atoms with E-state index in [2.05, 4.69) is 23.6 Å². The molecule has 0 heterocycles. The average molecular weight is 580 g/mol. The van der Waals surface area contributed by atoms with Crippen molar-refractivity contribution in [3.63, 3.8) is 0 Å². The van der Waals surface area contributed by atoms with Crippen molar-refractivity contribution in [1.82, 2.24) is 0 Å². The summed E-state index contributed by atoms with van der Waals surface area (Å²) in [6.07, 6.45) is 18.4. The first-order valence-electron chi connectivity index (χ1n) is 14.2. The fourth-order valence-electron chi connectivity index (χ4n) is 3.45. The molecule has 0 radical (unpaired) electrons. The molecule has 228 valence electrons. The SMILES string of the molecule is CCCCCCCC/C=C\CCCCCCCC(=O)OC(COC(=O)CC)COP(=O)(O)OCC(N)C(=O)O. The zero-order valence-electron chi connectivity index (χ0n) is 23.7. The molecule has 0 rings (SSSR count). The van der Waals surface area contributed by atoms with E-state index in [0.717, 1.165) is 38.5 Å². The second-order valence-electron chi connectivity index (χ2n) is 9.49. The Bertz CT molecular complexity index is 746. The number of phosphoric ester groups is 1. The van der Waals surface area contributed by atoms with Gasteiger partial charge in [-0.05, 0) is 32.1 Å². The van der Waals surface area contributed by atoms with Gasteiger partial charge in [-0.25, -0.2) is 4.57 Å². The molecule has 11 nitrogen and oxygen atoms in total. The third-order valence-corrected chi connectivity index (χ3v) is 6.77. The molecule has 3 atom stereocenters. The third kappa shape index (κ3) is 23.8. The van der Waals surface area contributed by atoms with Gasteiger partial charge in [0, 0.05) is 12.8 Å². The molecule has 0 amide bonds. The van der Waals surface area contributed by atoms with Crippen LogP contribution in [0.2, 0.25) is 0 Å². The first-order valence-corrected chi connectivity index (χ1v) is 15.7. The van der Waals surface area contributed by atoms with Crippen LogP contribution in [0.3, 0.4) is 0 Å². The number of carboxylic acids is 1. The van der Waals surface area contributed by atoms with Crippen LogP contribution in [0.4, 0.5) is 0 Å². The molecule has 0 spiro atoms. The molecule has 0 aromatic heterocycles. The van der Waals surface area contributed by atoms with Crippen LogP contribution in [-0.2, 0) is 37.5 Å². The van der Waals surface area contributed by atoms with Crippen LogP contribution in [-0.4, -0.2) is 59.9 Å². The smallest absolute Gasteiger partial charge is 0.472 e. The first-order chi connectivity index (χ1) is 18.6. The van der Waals surface area contributed by atoms with Gasteiger partial charge in [-0.2, -0.15) is 0 Å². The molecule has 0 saturated heterocycles. The summed E-state index contributed by atoms with van der Waals surface area (Å²) in [5, 5.41) is 8.72. The molecule has 0 aliphatic heterocycles. The number of nitrogens with two attached hydrogens (primary N) is 1. The molecule has 0 aliphatic carbocycles. The summed E-state index contributed by atoms with van der Waals surface area (Å²) < 4.78 is 31.5. The minimum atomic E-state index is -4.67. The number of carbonyl (C=O) groups excluding carboxylic acids is 2. The number of phosphoric acid groups is 1. The number of hydrogen-bond acceptors (Lipinski definition) is 9. The van der Waals surface area contributed by atoms with Gasteiger partial charge in [0.05, 0.1) is 13.2 Å². The van der Waals surface area contributed by atoms with E-state index in [0.29, 0.717) is 6.42 Å². The highest BCUT2D eigenvalue weighted by molar-refractivity contribution is 7.47. The summed E-state index contributed by atoms with van der Waals surface area (Å²) in [6.45, 7) is 2.11. The molecule has 0 fully saturated rings. The van der Waals surface area contributed by atoms with Gasteiger partial charge in [-0.1, -0.05) is 77.4 Å². The van der Waals surface area contributed by atoms with Crippen molar-refractivity contribution in [1.29, 1.82) is 0 Å². The van der Waals surface area contributed by atoms with Gasteiger partial charge < -0.3 is 25.2 Å². The van der Waals surface area contributed by atoms with Gasteiger partial charge in [-0.3, -0.25) is 23.4 Å². The Morgan fingerprint density at radius 1 is 0.795 bits per heavy atom. The van der Waals surface area contributed by atoms with Gasteiger partial charge in [0.2, 0.25) is 0 Å². The van der Waals surface area contributed by atoms with Gasteiger partial charge >= 0.3 is 25.7 Å². The monoisotopic (exact) mass is 579 g/mol. The molecular weight excluding hydrogens is 529 g/mol. The topological polar surface area (TPSA) is 172 Å². The minimum Gasteiger partial charge on any atom is -0.480 e. The Balaban J connectivity index is 4.17. The lowest BCUT2D eigenvalue weighted by Gasteiger charge is -2.20. The maximum absolute atomic E-state index is 12.2. The van der Waals surface area contributed by atoms with Crippen molar-refractivity contribution in [3.8, 4) is 0 Å². The van der Waals surface area contributed by atoms with E-state index in [1.807, 2.05) is 0 Å². The quantitative estimate of drug-likeness (QED) is 0.0516. The number of allylic oxidation sites excluding steroid dienone is 2. The summed E-state index contributed by atoms with van der Waals surface area (Å²) in [5.41, 5.74) is 5.23. The Morgan fingerprint density at radius 3 is 1.90 bits per heavy atom. The van der Waals surface area contributed by atoms with Gasteiger partial charge in [0.15, 0.2) is 6.10 Å². The van der Waals surface area contributed by atoms with Gasteiger partial charge in [0.25, 0.3) is 0 Å². The predicted octanol–water partition coefficient (Wildman–Crippen LogP) is 5.43. The standard InChI is InChI=1S/C27H50NO10P/c1-3-5-6-7-8-9-10-11-12-13-14-15-16-17-18-19-26(30)38-23(20-35-25(29)4-2)21-36-39(33,34)37-22-24(28)27(31)32/h11-12,23-24H,3-10,13-22,28H2,1-2H3,(H,31,32)(H,33,34)/b12-11-. The van der Waals surface area contributed by atoms with E-state index in [-0.39, 0.29) is 19.4 Å². The fourth-order valence-corrected chi connectivity index (χ4v) is 4.23. The zero-order chi connectivity index (χ0) is 29.4. The Labute approximate surface area is 233 Å². The van der Waals surface area contributed by atoms with Crippen LogP contribution in [0, 0.1) is 0 Å². The Morgan fingerprint density at radius 2 is 1.33 bits per heavy atom.